The van der Waals surface area contributed by atoms with E-state index in [0.29, 0.717) is 17.8 Å². The molecule has 2 aliphatic rings. The predicted octanol–water partition coefficient (Wildman–Crippen LogP) is 3.89. The van der Waals surface area contributed by atoms with Gasteiger partial charge in [0.2, 0.25) is 0 Å². The summed E-state index contributed by atoms with van der Waals surface area (Å²) in [5, 5.41) is 6.70. The van der Waals surface area contributed by atoms with Gasteiger partial charge in [-0.2, -0.15) is 0 Å². The van der Waals surface area contributed by atoms with Gasteiger partial charge in [0.1, 0.15) is 5.69 Å². The summed E-state index contributed by atoms with van der Waals surface area (Å²) in [6.45, 7) is 0. The number of nitrogens with one attached hydrogen (secondary N) is 2. The normalized spacial score (nSPS) is 20.5. The van der Waals surface area contributed by atoms with Crippen molar-refractivity contribution in [3.63, 3.8) is 0 Å². The van der Waals surface area contributed by atoms with Crippen LogP contribution >= 0.6 is 0 Å². The van der Waals surface area contributed by atoms with Crippen LogP contribution in [0.4, 0.5) is 5.69 Å². The van der Waals surface area contributed by atoms with Crippen molar-refractivity contribution in [2.75, 3.05) is 5.32 Å². The average molecular weight is 301 g/mol. The van der Waals surface area contributed by atoms with E-state index in [2.05, 4.69) is 15.6 Å². The van der Waals surface area contributed by atoms with Crippen LogP contribution in [0.2, 0.25) is 0 Å². The van der Waals surface area contributed by atoms with E-state index in [1.54, 1.807) is 6.20 Å². The van der Waals surface area contributed by atoms with Crippen molar-refractivity contribution < 1.29 is 4.79 Å². The fourth-order valence-corrected chi connectivity index (χ4v) is 3.63. The van der Waals surface area contributed by atoms with Crippen LogP contribution in [0.25, 0.3) is 0 Å². The van der Waals surface area contributed by atoms with E-state index in [1.807, 2.05) is 12.1 Å². The summed E-state index contributed by atoms with van der Waals surface area (Å²) in [6.07, 6.45) is 14.2. The second-order valence-electron chi connectivity index (χ2n) is 6.72. The first-order valence-corrected chi connectivity index (χ1v) is 8.85. The molecule has 2 aliphatic carbocycles. The Kier molecular flexibility index (Phi) is 5.30. The molecular weight excluding hydrogens is 274 g/mol. The van der Waals surface area contributed by atoms with Crippen molar-refractivity contribution >= 4 is 11.6 Å². The predicted molar refractivity (Wildman–Crippen MR) is 89.1 cm³/mol. The molecule has 0 aromatic carbocycles. The van der Waals surface area contributed by atoms with E-state index in [1.165, 1.54) is 51.4 Å². The molecule has 0 aliphatic heterocycles. The second kappa shape index (κ2) is 7.61. The molecule has 1 aromatic rings. The molecule has 0 bridgehead atoms. The molecule has 0 unspecified atom stereocenters. The Balaban J connectivity index is 1.59. The molecule has 2 fully saturated rings. The molecule has 0 atom stereocenters. The fraction of sp³-hybridized carbons (Fsp3) is 0.667. The Morgan fingerprint density at radius 3 is 2.32 bits per heavy atom. The molecule has 22 heavy (non-hydrogen) atoms. The fourth-order valence-electron chi connectivity index (χ4n) is 3.63. The van der Waals surface area contributed by atoms with Crippen LogP contribution in [0.1, 0.15) is 74.7 Å². The Labute approximate surface area is 133 Å². The van der Waals surface area contributed by atoms with Gasteiger partial charge >= 0.3 is 0 Å². The highest BCUT2D eigenvalue weighted by Crippen LogP contribution is 2.22. The molecule has 0 spiro atoms. The van der Waals surface area contributed by atoms with Crippen LogP contribution in [0.15, 0.2) is 18.3 Å². The lowest BCUT2D eigenvalue weighted by Gasteiger charge is -2.18. The highest BCUT2D eigenvalue weighted by molar-refractivity contribution is 5.93. The van der Waals surface area contributed by atoms with Gasteiger partial charge in [0.05, 0.1) is 0 Å². The summed E-state index contributed by atoms with van der Waals surface area (Å²) < 4.78 is 0. The van der Waals surface area contributed by atoms with Gasteiger partial charge in [0.15, 0.2) is 0 Å². The molecular formula is C18H27N3O. The third-order valence-corrected chi connectivity index (χ3v) is 4.91. The van der Waals surface area contributed by atoms with E-state index in [-0.39, 0.29) is 5.91 Å². The number of amides is 1. The van der Waals surface area contributed by atoms with Gasteiger partial charge in [-0.05, 0) is 37.8 Å². The lowest BCUT2D eigenvalue weighted by molar-refractivity contribution is 0.0933. The van der Waals surface area contributed by atoms with Crippen LogP contribution in [0, 0.1) is 0 Å². The number of hydrogen-bond acceptors (Lipinski definition) is 3. The van der Waals surface area contributed by atoms with Crippen molar-refractivity contribution in [1.29, 1.82) is 0 Å². The number of carbonyl (C=O) groups excluding carboxylic acids is 1. The molecule has 1 heterocycles. The van der Waals surface area contributed by atoms with Gasteiger partial charge in [0.25, 0.3) is 5.91 Å². The van der Waals surface area contributed by atoms with Gasteiger partial charge in [-0.25, -0.2) is 0 Å². The zero-order chi connectivity index (χ0) is 15.2. The minimum Gasteiger partial charge on any atom is -0.382 e. The number of aromatic nitrogens is 1. The zero-order valence-corrected chi connectivity index (χ0v) is 13.3. The van der Waals surface area contributed by atoms with Crippen molar-refractivity contribution in [3.8, 4) is 0 Å². The largest absolute Gasteiger partial charge is 0.382 e. The maximum absolute atomic E-state index is 12.3. The Morgan fingerprint density at radius 1 is 0.955 bits per heavy atom. The second-order valence-corrected chi connectivity index (χ2v) is 6.72. The van der Waals surface area contributed by atoms with Crippen LogP contribution in [-0.4, -0.2) is 23.0 Å². The molecule has 1 aromatic heterocycles. The summed E-state index contributed by atoms with van der Waals surface area (Å²) in [5.74, 6) is -0.0311. The number of pyridine rings is 1. The smallest absolute Gasteiger partial charge is 0.270 e. The molecule has 0 radical (unpaired) electrons. The lowest BCUT2D eigenvalue weighted by atomic mass is 10.1. The van der Waals surface area contributed by atoms with Gasteiger partial charge in [-0.3, -0.25) is 9.78 Å². The van der Waals surface area contributed by atoms with Crippen LogP contribution in [-0.2, 0) is 0 Å². The average Bonchev–Trinajstić information content (AvgIpc) is 2.90. The number of hydrogen-bond donors (Lipinski definition) is 2. The van der Waals surface area contributed by atoms with E-state index < -0.39 is 0 Å². The SMILES string of the molecule is O=C(NC1CCCC1)c1cc(NC2CCCCCC2)ccn1. The van der Waals surface area contributed by atoms with Gasteiger partial charge < -0.3 is 10.6 Å². The first-order valence-electron chi connectivity index (χ1n) is 8.85. The maximum Gasteiger partial charge on any atom is 0.270 e. The molecule has 4 nitrogen and oxygen atoms in total. The van der Waals surface area contributed by atoms with E-state index >= 15 is 0 Å². The van der Waals surface area contributed by atoms with Gasteiger partial charge in [0, 0.05) is 24.0 Å². The number of rotatable bonds is 4. The Hall–Kier alpha value is -1.58. The first kappa shape index (κ1) is 15.3. The third-order valence-electron chi connectivity index (χ3n) is 4.91. The highest BCUT2D eigenvalue weighted by Gasteiger charge is 2.19. The quantitative estimate of drug-likeness (QED) is 0.830. The number of anilines is 1. The topological polar surface area (TPSA) is 54.0 Å². The van der Waals surface area contributed by atoms with E-state index in [0.717, 1.165) is 18.5 Å². The Morgan fingerprint density at radius 2 is 1.59 bits per heavy atom. The lowest BCUT2D eigenvalue weighted by Crippen LogP contribution is -2.33. The van der Waals surface area contributed by atoms with Gasteiger partial charge in [-0.15, -0.1) is 0 Å². The summed E-state index contributed by atoms with van der Waals surface area (Å²) >= 11 is 0. The minimum atomic E-state index is -0.0311. The van der Waals surface area contributed by atoms with Crippen LogP contribution in [0.3, 0.4) is 0 Å². The monoisotopic (exact) mass is 301 g/mol. The standard InChI is InChI=1S/C18H27N3O/c22-18(21-15-9-5-6-10-15)17-13-16(11-12-19-17)20-14-7-3-1-2-4-8-14/h11-15H,1-10H2,(H,19,20)(H,21,22). The molecule has 1 amide bonds. The number of nitrogens with zero attached hydrogens (tertiary/aromatic N) is 1. The number of carbonyl (C=O) groups is 1. The molecule has 2 saturated carbocycles. The van der Waals surface area contributed by atoms with E-state index in [4.69, 9.17) is 0 Å². The Bertz CT molecular complexity index is 489. The van der Waals surface area contributed by atoms with Crippen molar-refractivity contribution in [1.82, 2.24) is 10.3 Å². The molecule has 3 rings (SSSR count). The van der Waals surface area contributed by atoms with Gasteiger partial charge in [-0.1, -0.05) is 38.5 Å². The maximum atomic E-state index is 12.3. The van der Waals surface area contributed by atoms with Crippen molar-refractivity contribution in [3.05, 3.63) is 24.0 Å². The van der Waals surface area contributed by atoms with Crippen molar-refractivity contribution in [2.45, 2.75) is 76.3 Å². The summed E-state index contributed by atoms with van der Waals surface area (Å²) in [4.78, 5) is 16.5. The summed E-state index contributed by atoms with van der Waals surface area (Å²) in [6, 6.07) is 4.75. The summed E-state index contributed by atoms with van der Waals surface area (Å²) in [7, 11) is 0. The summed E-state index contributed by atoms with van der Waals surface area (Å²) in [5.41, 5.74) is 1.56. The first-order chi connectivity index (χ1) is 10.8. The molecule has 2 N–H and O–H groups in total. The third kappa shape index (κ3) is 4.21. The van der Waals surface area contributed by atoms with Crippen LogP contribution in [0.5, 0.6) is 0 Å². The molecule has 0 saturated heterocycles. The van der Waals surface area contributed by atoms with Crippen molar-refractivity contribution in [2.24, 2.45) is 0 Å². The minimum absolute atomic E-state index is 0.0311. The molecule has 120 valence electrons. The molecule has 4 heteroatoms. The highest BCUT2D eigenvalue weighted by atomic mass is 16.1. The van der Waals surface area contributed by atoms with Crippen LogP contribution < -0.4 is 10.6 Å². The zero-order valence-electron chi connectivity index (χ0n) is 13.3. The van der Waals surface area contributed by atoms with E-state index in [9.17, 15) is 4.79 Å².